The van der Waals surface area contributed by atoms with Crippen molar-refractivity contribution in [3.8, 4) is 0 Å². The van der Waals surface area contributed by atoms with Crippen molar-refractivity contribution < 1.29 is 33.3 Å². The average Bonchev–Trinajstić information content (AvgIpc) is 3.23. The van der Waals surface area contributed by atoms with Crippen LogP contribution in [0.3, 0.4) is 0 Å². The summed E-state index contributed by atoms with van der Waals surface area (Å²) in [5.74, 6) is -0.178. The molecule has 2 fully saturated rings. The number of nitrogens with zero attached hydrogens (tertiary/aromatic N) is 1. The van der Waals surface area contributed by atoms with Crippen LogP contribution in [0.4, 0.5) is 4.79 Å². The quantitative estimate of drug-likeness (QED) is 0.298. The lowest BCUT2D eigenvalue weighted by Crippen LogP contribution is -2.42. The Morgan fingerprint density at radius 1 is 1.00 bits per heavy atom. The zero-order valence-electron chi connectivity index (χ0n) is 20.9. The van der Waals surface area contributed by atoms with Gasteiger partial charge in [-0.25, -0.2) is 4.79 Å². The van der Waals surface area contributed by atoms with Crippen LogP contribution < -0.4 is 0 Å². The third-order valence-electron chi connectivity index (χ3n) is 6.24. The van der Waals surface area contributed by atoms with Gasteiger partial charge in [0, 0.05) is 0 Å². The zero-order valence-corrected chi connectivity index (χ0v) is 20.9. The lowest BCUT2D eigenvalue weighted by molar-refractivity contribution is -0.147. The largest absolute Gasteiger partial charge is 0.469 e. The van der Waals surface area contributed by atoms with Crippen LogP contribution >= 0.6 is 0 Å². The number of ether oxygens (including phenoxy) is 5. The van der Waals surface area contributed by atoms with Gasteiger partial charge in [-0.2, -0.15) is 0 Å². The maximum absolute atomic E-state index is 12.8. The Hall–Kier alpha value is -2.16. The molecule has 1 aromatic carbocycles. The molecule has 1 saturated carbocycles. The van der Waals surface area contributed by atoms with E-state index in [-0.39, 0.29) is 43.0 Å². The zero-order chi connectivity index (χ0) is 24.6. The Labute approximate surface area is 202 Å². The van der Waals surface area contributed by atoms with Crippen LogP contribution in [-0.2, 0) is 35.1 Å². The molecule has 1 amide bonds. The molecule has 0 unspecified atom stereocenters. The molecule has 0 spiro atoms. The summed E-state index contributed by atoms with van der Waals surface area (Å²) in [5.41, 5.74) is 0.507. The van der Waals surface area contributed by atoms with E-state index in [2.05, 4.69) is 0 Å². The average molecular weight is 478 g/mol. The summed E-state index contributed by atoms with van der Waals surface area (Å²) in [6.45, 7) is 7.06. The maximum atomic E-state index is 12.8. The number of carbonyl (C=O) groups excluding carboxylic acids is 2. The van der Waals surface area contributed by atoms with E-state index in [9.17, 15) is 9.59 Å². The summed E-state index contributed by atoms with van der Waals surface area (Å²) in [6.07, 6.45) is 3.39. The van der Waals surface area contributed by atoms with E-state index in [1.54, 1.807) is 4.90 Å². The lowest BCUT2D eigenvalue weighted by atomic mass is 9.87. The number of benzene rings is 1. The van der Waals surface area contributed by atoms with Gasteiger partial charge in [0.25, 0.3) is 0 Å². The Morgan fingerprint density at radius 3 is 2.35 bits per heavy atom. The number of carbonyl (C=O) groups is 2. The van der Waals surface area contributed by atoms with E-state index in [1.807, 2.05) is 51.1 Å². The summed E-state index contributed by atoms with van der Waals surface area (Å²) in [6, 6.07) is 9.80. The number of amides is 1. The first-order valence-electron chi connectivity index (χ1n) is 12.2. The number of likely N-dealkylation sites (tertiary alicyclic amines) is 1. The molecule has 0 radical (unpaired) electrons. The van der Waals surface area contributed by atoms with Gasteiger partial charge in [0.15, 0.2) is 0 Å². The summed E-state index contributed by atoms with van der Waals surface area (Å²) >= 11 is 0. The van der Waals surface area contributed by atoms with Crippen LogP contribution in [0.5, 0.6) is 0 Å². The molecular weight excluding hydrogens is 438 g/mol. The van der Waals surface area contributed by atoms with Crippen molar-refractivity contribution in [1.29, 1.82) is 0 Å². The number of methoxy groups -OCH3 is 1. The first-order chi connectivity index (χ1) is 16.2. The molecule has 0 bridgehead atoms. The van der Waals surface area contributed by atoms with Gasteiger partial charge >= 0.3 is 12.1 Å². The molecule has 1 aliphatic heterocycles. The molecule has 1 saturated heterocycles. The second-order valence-corrected chi connectivity index (χ2v) is 10.1. The fourth-order valence-electron chi connectivity index (χ4n) is 4.45. The molecule has 8 nitrogen and oxygen atoms in total. The van der Waals surface area contributed by atoms with E-state index < -0.39 is 5.60 Å². The Bertz CT molecular complexity index is 771. The number of hydrogen-bond donors (Lipinski definition) is 0. The Balaban J connectivity index is 1.48. The smallest absolute Gasteiger partial charge is 0.410 e. The van der Waals surface area contributed by atoms with Crippen molar-refractivity contribution >= 4 is 12.1 Å². The third-order valence-corrected chi connectivity index (χ3v) is 6.24. The van der Waals surface area contributed by atoms with Crippen LogP contribution in [0.1, 0.15) is 58.4 Å². The van der Waals surface area contributed by atoms with Gasteiger partial charge in [-0.15, -0.1) is 0 Å². The van der Waals surface area contributed by atoms with Crippen LogP contribution in [0.2, 0.25) is 0 Å². The molecule has 8 heteroatoms. The molecule has 1 aromatic rings. The molecule has 190 valence electrons. The topological polar surface area (TPSA) is 83.5 Å². The maximum Gasteiger partial charge on any atom is 0.410 e. The minimum atomic E-state index is -0.577. The first-order valence-corrected chi connectivity index (χ1v) is 12.2. The molecule has 3 rings (SSSR count). The van der Waals surface area contributed by atoms with E-state index >= 15 is 0 Å². The monoisotopic (exact) mass is 477 g/mol. The van der Waals surface area contributed by atoms with Gasteiger partial charge in [0.2, 0.25) is 0 Å². The van der Waals surface area contributed by atoms with Crippen LogP contribution in [0.25, 0.3) is 0 Å². The highest BCUT2D eigenvalue weighted by Gasteiger charge is 2.39. The molecule has 2 aliphatic rings. The summed E-state index contributed by atoms with van der Waals surface area (Å²) in [5, 5.41) is 0. The van der Waals surface area contributed by atoms with Crippen molar-refractivity contribution in [3.05, 3.63) is 35.9 Å². The van der Waals surface area contributed by atoms with Gasteiger partial charge in [0.1, 0.15) is 12.4 Å². The predicted molar refractivity (Wildman–Crippen MR) is 126 cm³/mol. The van der Waals surface area contributed by atoms with Crippen molar-refractivity contribution in [3.63, 3.8) is 0 Å². The molecule has 1 heterocycles. The fraction of sp³-hybridized carbons (Fsp3) is 0.692. The summed E-state index contributed by atoms with van der Waals surface area (Å²) < 4.78 is 28.3. The number of esters is 1. The predicted octanol–water partition coefficient (Wildman–Crippen LogP) is 4.30. The highest BCUT2D eigenvalue weighted by molar-refractivity contribution is 5.72. The molecule has 0 N–H and O–H groups in total. The second kappa shape index (κ2) is 12.5. The molecule has 1 aliphatic carbocycles. The number of hydrogen-bond acceptors (Lipinski definition) is 7. The SMILES string of the molecule is COC(=O)[C@H]1CC[C@H](OC[C@@H]2C[C@H](OCOCc3ccccc3)CN2C(=O)OC(C)(C)C)CC1. The highest BCUT2D eigenvalue weighted by Crippen LogP contribution is 2.29. The molecule has 0 aromatic heterocycles. The van der Waals surface area contributed by atoms with Gasteiger partial charge in [-0.1, -0.05) is 30.3 Å². The minimum Gasteiger partial charge on any atom is -0.469 e. The van der Waals surface area contributed by atoms with Crippen molar-refractivity contribution in [1.82, 2.24) is 4.90 Å². The van der Waals surface area contributed by atoms with E-state index in [4.69, 9.17) is 23.7 Å². The minimum absolute atomic E-state index is 0.0386. The first kappa shape index (κ1) is 26.4. The molecular formula is C26H39NO7. The van der Waals surface area contributed by atoms with E-state index in [0.29, 0.717) is 26.2 Å². The van der Waals surface area contributed by atoms with E-state index in [0.717, 1.165) is 31.2 Å². The highest BCUT2D eigenvalue weighted by atomic mass is 16.7. The standard InChI is InChI=1S/C26H39NO7/c1-26(2,3)34-25(29)27-15-23(33-18-31-16-19-8-6-5-7-9-19)14-21(27)17-32-22-12-10-20(11-13-22)24(28)30-4/h5-9,20-23H,10-18H2,1-4H3/t20-,21-,22-,23-/m0/s1. The molecule has 34 heavy (non-hydrogen) atoms. The van der Waals surface area contributed by atoms with Gasteiger partial charge in [-0.05, 0) is 58.4 Å². The Morgan fingerprint density at radius 2 is 1.71 bits per heavy atom. The normalized spacial score (nSPS) is 25.2. The van der Waals surface area contributed by atoms with Gasteiger partial charge in [0.05, 0.1) is 51.0 Å². The number of rotatable bonds is 9. The Kier molecular flexibility index (Phi) is 9.74. The summed E-state index contributed by atoms with van der Waals surface area (Å²) in [4.78, 5) is 26.3. The van der Waals surface area contributed by atoms with Crippen molar-refractivity contribution in [2.24, 2.45) is 5.92 Å². The van der Waals surface area contributed by atoms with Crippen molar-refractivity contribution in [2.75, 3.05) is 27.1 Å². The second-order valence-electron chi connectivity index (χ2n) is 10.1. The van der Waals surface area contributed by atoms with E-state index in [1.165, 1.54) is 7.11 Å². The van der Waals surface area contributed by atoms with Gasteiger partial charge in [-0.3, -0.25) is 4.79 Å². The molecule has 2 atom stereocenters. The van der Waals surface area contributed by atoms with Crippen LogP contribution in [0, 0.1) is 5.92 Å². The third kappa shape index (κ3) is 8.25. The summed E-state index contributed by atoms with van der Waals surface area (Å²) in [7, 11) is 1.43. The fourth-order valence-corrected chi connectivity index (χ4v) is 4.45. The van der Waals surface area contributed by atoms with Crippen molar-refractivity contribution in [2.45, 2.75) is 83.3 Å². The van der Waals surface area contributed by atoms with Crippen LogP contribution in [0.15, 0.2) is 30.3 Å². The lowest BCUT2D eigenvalue weighted by Gasteiger charge is -2.31. The van der Waals surface area contributed by atoms with Crippen LogP contribution in [-0.4, -0.2) is 67.9 Å². The van der Waals surface area contributed by atoms with Gasteiger partial charge < -0.3 is 28.6 Å².